The second-order valence-corrected chi connectivity index (χ2v) is 7.20. The Kier molecular flexibility index (Phi) is 6.95. The van der Waals surface area contributed by atoms with Crippen LogP contribution in [0.15, 0.2) is 52.3 Å². The van der Waals surface area contributed by atoms with Gasteiger partial charge in [-0.2, -0.15) is 0 Å². The maximum atomic E-state index is 11.7. The molecule has 1 N–H and O–H groups in total. The van der Waals surface area contributed by atoms with Crippen molar-refractivity contribution in [3.05, 3.63) is 64.2 Å². The van der Waals surface area contributed by atoms with Crippen molar-refractivity contribution in [1.82, 2.24) is 5.32 Å². The molecule has 2 aromatic carbocycles. The average molecular weight is 360 g/mol. The molecule has 2 aromatic rings. The molecule has 0 radical (unpaired) electrons. The number of benzene rings is 2. The van der Waals surface area contributed by atoms with Crippen molar-refractivity contribution in [3.8, 4) is 0 Å². The van der Waals surface area contributed by atoms with Crippen molar-refractivity contribution in [2.75, 3.05) is 6.54 Å². The molecule has 126 valence electrons. The second kappa shape index (κ2) is 8.95. The fourth-order valence-electron chi connectivity index (χ4n) is 2.13. The highest BCUT2D eigenvalue weighted by Crippen LogP contribution is 2.34. The Hall–Kier alpha value is -1.71. The maximum Gasteiger partial charge on any atom is 0.243 e. The van der Waals surface area contributed by atoms with Gasteiger partial charge in [0, 0.05) is 27.4 Å². The molecular formula is C20H22ClNOS. The molecule has 0 spiro atoms. The van der Waals surface area contributed by atoms with E-state index in [1.165, 1.54) is 16.5 Å². The SMILES string of the molecule is CCCNC(=O)/C=C/c1cc(C)c(Sc2ccc(C)cc2)cc1Cl. The topological polar surface area (TPSA) is 29.1 Å². The summed E-state index contributed by atoms with van der Waals surface area (Å²) < 4.78 is 0. The van der Waals surface area contributed by atoms with Gasteiger partial charge in [0.1, 0.15) is 0 Å². The molecule has 0 saturated heterocycles. The van der Waals surface area contributed by atoms with Crippen LogP contribution in [0.25, 0.3) is 6.08 Å². The highest BCUT2D eigenvalue weighted by Gasteiger charge is 2.07. The molecule has 0 aliphatic rings. The molecule has 0 aliphatic carbocycles. The highest BCUT2D eigenvalue weighted by atomic mass is 35.5. The monoisotopic (exact) mass is 359 g/mol. The smallest absolute Gasteiger partial charge is 0.243 e. The molecule has 2 rings (SSSR count). The molecule has 0 unspecified atom stereocenters. The Labute approximate surface area is 153 Å². The fraction of sp³-hybridized carbons (Fsp3) is 0.250. The van der Waals surface area contributed by atoms with Gasteiger partial charge in [-0.1, -0.05) is 48.0 Å². The third-order valence-corrected chi connectivity index (χ3v) is 5.00. The van der Waals surface area contributed by atoms with E-state index in [1.807, 2.05) is 19.1 Å². The average Bonchev–Trinajstić information content (AvgIpc) is 2.56. The van der Waals surface area contributed by atoms with Crippen LogP contribution in [-0.4, -0.2) is 12.5 Å². The van der Waals surface area contributed by atoms with Gasteiger partial charge in [-0.3, -0.25) is 4.79 Å². The number of carbonyl (C=O) groups excluding carboxylic acids is 1. The predicted molar refractivity (Wildman–Crippen MR) is 104 cm³/mol. The van der Waals surface area contributed by atoms with Crippen molar-refractivity contribution >= 4 is 35.3 Å². The van der Waals surface area contributed by atoms with Gasteiger partial charge in [0.05, 0.1) is 0 Å². The van der Waals surface area contributed by atoms with Crippen LogP contribution >= 0.6 is 23.4 Å². The van der Waals surface area contributed by atoms with E-state index in [1.54, 1.807) is 17.8 Å². The van der Waals surface area contributed by atoms with Gasteiger partial charge in [0.2, 0.25) is 5.91 Å². The van der Waals surface area contributed by atoms with E-state index in [0.717, 1.165) is 22.4 Å². The third-order valence-electron chi connectivity index (χ3n) is 3.51. The van der Waals surface area contributed by atoms with Gasteiger partial charge in [0.25, 0.3) is 0 Å². The molecule has 4 heteroatoms. The van der Waals surface area contributed by atoms with Crippen LogP contribution in [-0.2, 0) is 4.79 Å². The lowest BCUT2D eigenvalue weighted by Crippen LogP contribution is -2.21. The van der Waals surface area contributed by atoms with E-state index >= 15 is 0 Å². The minimum atomic E-state index is -0.0938. The molecule has 1 amide bonds. The van der Waals surface area contributed by atoms with Gasteiger partial charge >= 0.3 is 0 Å². The third kappa shape index (κ3) is 5.43. The van der Waals surface area contributed by atoms with E-state index < -0.39 is 0 Å². The van der Waals surface area contributed by atoms with Gasteiger partial charge < -0.3 is 5.32 Å². The Morgan fingerprint density at radius 1 is 1.21 bits per heavy atom. The van der Waals surface area contributed by atoms with E-state index in [9.17, 15) is 4.79 Å². The summed E-state index contributed by atoms with van der Waals surface area (Å²) >= 11 is 8.08. The minimum Gasteiger partial charge on any atom is -0.353 e. The summed E-state index contributed by atoms with van der Waals surface area (Å²) in [4.78, 5) is 14.0. The van der Waals surface area contributed by atoms with Crippen LogP contribution in [0.5, 0.6) is 0 Å². The molecule has 0 aliphatic heterocycles. The standard InChI is InChI=1S/C20H22ClNOS/c1-4-11-22-20(23)10-7-16-12-15(3)19(13-18(16)21)24-17-8-5-14(2)6-9-17/h5-10,12-13H,4,11H2,1-3H3,(H,22,23)/b10-7+. The lowest BCUT2D eigenvalue weighted by molar-refractivity contribution is -0.116. The number of rotatable bonds is 6. The summed E-state index contributed by atoms with van der Waals surface area (Å²) in [5, 5.41) is 3.46. The minimum absolute atomic E-state index is 0.0938. The molecule has 0 saturated carbocycles. The number of nitrogens with one attached hydrogen (secondary N) is 1. The summed E-state index contributed by atoms with van der Waals surface area (Å²) in [6.45, 7) is 6.84. The van der Waals surface area contributed by atoms with Crippen LogP contribution in [0.2, 0.25) is 5.02 Å². The fourth-order valence-corrected chi connectivity index (χ4v) is 3.34. The molecule has 0 fully saturated rings. The largest absolute Gasteiger partial charge is 0.353 e. The van der Waals surface area contributed by atoms with Crippen molar-refractivity contribution in [2.24, 2.45) is 0 Å². The summed E-state index contributed by atoms with van der Waals surface area (Å²) in [5.41, 5.74) is 3.24. The zero-order valence-electron chi connectivity index (χ0n) is 14.2. The number of amides is 1. The van der Waals surface area contributed by atoms with Crippen molar-refractivity contribution in [2.45, 2.75) is 37.0 Å². The first-order chi connectivity index (χ1) is 11.5. The Morgan fingerprint density at radius 3 is 2.58 bits per heavy atom. The first-order valence-electron chi connectivity index (χ1n) is 8.00. The van der Waals surface area contributed by atoms with Crippen LogP contribution in [0, 0.1) is 13.8 Å². The summed E-state index contributed by atoms with van der Waals surface area (Å²) in [6.07, 6.45) is 4.22. The molecule has 0 bridgehead atoms. The lowest BCUT2D eigenvalue weighted by atomic mass is 10.1. The first-order valence-corrected chi connectivity index (χ1v) is 9.19. The van der Waals surface area contributed by atoms with Gasteiger partial charge in [0.15, 0.2) is 0 Å². The predicted octanol–water partition coefficient (Wildman–Crippen LogP) is 5.65. The van der Waals surface area contributed by atoms with Crippen LogP contribution in [0.1, 0.15) is 30.0 Å². The Balaban J connectivity index is 2.14. The van der Waals surface area contributed by atoms with Gasteiger partial charge in [-0.15, -0.1) is 0 Å². The number of hydrogen-bond donors (Lipinski definition) is 1. The van der Waals surface area contributed by atoms with Gasteiger partial charge in [-0.05, 0) is 61.7 Å². The summed E-state index contributed by atoms with van der Waals surface area (Å²) in [5.74, 6) is -0.0938. The molecule has 2 nitrogen and oxygen atoms in total. The number of hydrogen-bond acceptors (Lipinski definition) is 2. The molecule has 0 heterocycles. The molecule has 24 heavy (non-hydrogen) atoms. The van der Waals surface area contributed by atoms with E-state index in [2.05, 4.69) is 43.4 Å². The number of carbonyl (C=O) groups is 1. The second-order valence-electron chi connectivity index (χ2n) is 5.68. The molecule has 0 atom stereocenters. The zero-order valence-corrected chi connectivity index (χ0v) is 15.8. The van der Waals surface area contributed by atoms with E-state index in [-0.39, 0.29) is 5.91 Å². The first kappa shape index (κ1) is 18.6. The van der Waals surface area contributed by atoms with Crippen LogP contribution in [0.4, 0.5) is 0 Å². The maximum absolute atomic E-state index is 11.7. The molecular weight excluding hydrogens is 338 g/mol. The molecule has 0 aromatic heterocycles. The quantitative estimate of drug-likeness (QED) is 0.675. The Morgan fingerprint density at radius 2 is 1.92 bits per heavy atom. The van der Waals surface area contributed by atoms with E-state index in [4.69, 9.17) is 11.6 Å². The van der Waals surface area contributed by atoms with Crippen molar-refractivity contribution < 1.29 is 4.79 Å². The highest BCUT2D eigenvalue weighted by molar-refractivity contribution is 7.99. The lowest BCUT2D eigenvalue weighted by Gasteiger charge is -2.09. The van der Waals surface area contributed by atoms with Crippen LogP contribution in [0.3, 0.4) is 0 Å². The number of aryl methyl sites for hydroxylation is 2. The van der Waals surface area contributed by atoms with Gasteiger partial charge in [-0.25, -0.2) is 0 Å². The summed E-state index contributed by atoms with van der Waals surface area (Å²) in [7, 11) is 0. The zero-order chi connectivity index (χ0) is 17.5. The van der Waals surface area contributed by atoms with E-state index in [0.29, 0.717) is 11.6 Å². The normalized spacial score (nSPS) is 11.0. The van der Waals surface area contributed by atoms with Crippen molar-refractivity contribution in [3.63, 3.8) is 0 Å². The number of halogens is 1. The van der Waals surface area contributed by atoms with Crippen molar-refractivity contribution in [1.29, 1.82) is 0 Å². The summed E-state index contributed by atoms with van der Waals surface area (Å²) in [6, 6.07) is 12.4. The Bertz CT molecular complexity index is 738. The van der Waals surface area contributed by atoms with Crippen LogP contribution < -0.4 is 5.32 Å².